The van der Waals surface area contributed by atoms with Crippen molar-refractivity contribution < 1.29 is 9.59 Å². The molecular weight excluding hydrogens is 266 g/mol. The van der Waals surface area contributed by atoms with E-state index in [0.717, 1.165) is 18.7 Å². The molecule has 5 heteroatoms. The van der Waals surface area contributed by atoms with Gasteiger partial charge in [0, 0.05) is 30.8 Å². The monoisotopic (exact) mass is 291 g/mol. The second kappa shape index (κ2) is 9.13. The molecule has 21 heavy (non-hydrogen) atoms. The zero-order chi connectivity index (χ0) is 15.7. The molecule has 0 spiro atoms. The smallest absolute Gasteiger partial charge is 0.253 e. The number of hydrogen-bond donors (Lipinski definition) is 2. The van der Waals surface area contributed by atoms with E-state index in [2.05, 4.69) is 10.6 Å². The second-order valence-electron chi connectivity index (χ2n) is 4.81. The summed E-state index contributed by atoms with van der Waals surface area (Å²) in [6.45, 7) is 6.13. The number of amides is 2. The van der Waals surface area contributed by atoms with E-state index in [-0.39, 0.29) is 11.8 Å². The van der Waals surface area contributed by atoms with E-state index in [1.807, 2.05) is 20.9 Å². The van der Waals surface area contributed by atoms with Gasteiger partial charge in [-0.05, 0) is 58.1 Å². The maximum Gasteiger partial charge on any atom is 0.253 e. The highest BCUT2D eigenvalue weighted by atomic mass is 16.2. The lowest BCUT2D eigenvalue weighted by Gasteiger charge is -2.18. The first kappa shape index (κ1) is 17.2. The third-order valence-corrected chi connectivity index (χ3v) is 3.30. The van der Waals surface area contributed by atoms with Crippen LogP contribution in [0.4, 0.5) is 5.69 Å². The van der Waals surface area contributed by atoms with Crippen molar-refractivity contribution in [3.63, 3.8) is 0 Å². The molecule has 0 aromatic heterocycles. The van der Waals surface area contributed by atoms with Gasteiger partial charge in [-0.1, -0.05) is 0 Å². The molecule has 1 aromatic rings. The summed E-state index contributed by atoms with van der Waals surface area (Å²) in [5, 5.41) is 5.84. The number of benzene rings is 1. The van der Waals surface area contributed by atoms with E-state index in [9.17, 15) is 9.59 Å². The van der Waals surface area contributed by atoms with Gasteiger partial charge in [-0.2, -0.15) is 0 Å². The Kier molecular flexibility index (Phi) is 7.46. The molecule has 0 aliphatic rings. The van der Waals surface area contributed by atoms with Gasteiger partial charge in [0.2, 0.25) is 5.91 Å². The van der Waals surface area contributed by atoms with Gasteiger partial charge in [0.05, 0.1) is 0 Å². The van der Waals surface area contributed by atoms with Crippen LogP contribution in [0.3, 0.4) is 0 Å². The minimum Gasteiger partial charge on any atom is -0.339 e. The minimum absolute atomic E-state index is 0.00642. The number of nitrogens with zero attached hydrogens (tertiary/aromatic N) is 1. The van der Waals surface area contributed by atoms with E-state index in [1.54, 1.807) is 29.2 Å². The molecule has 0 saturated heterocycles. The Labute approximate surface area is 126 Å². The van der Waals surface area contributed by atoms with Crippen LogP contribution in [0, 0.1) is 0 Å². The van der Waals surface area contributed by atoms with Gasteiger partial charge < -0.3 is 15.5 Å². The lowest BCUT2D eigenvalue weighted by atomic mass is 10.1. The lowest BCUT2D eigenvalue weighted by Crippen LogP contribution is -2.30. The fraction of sp³-hybridized carbons (Fsp3) is 0.500. The van der Waals surface area contributed by atoms with Gasteiger partial charge in [-0.3, -0.25) is 9.59 Å². The lowest BCUT2D eigenvalue weighted by molar-refractivity contribution is -0.116. The maximum atomic E-state index is 12.1. The molecule has 1 aromatic carbocycles. The maximum absolute atomic E-state index is 12.1. The van der Waals surface area contributed by atoms with E-state index in [4.69, 9.17) is 0 Å². The highest BCUT2D eigenvalue weighted by Gasteiger charge is 2.12. The van der Waals surface area contributed by atoms with Crippen molar-refractivity contribution in [1.29, 1.82) is 0 Å². The summed E-state index contributed by atoms with van der Waals surface area (Å²) >= 11 is 0. The van der Waals surface area contributed by atoms with Crippen molar-refractivity contribution in [2.45, 2.75) is 26.7 Å². The minimum atomic E-state index is -0.00642. The highest BCUT2D eigenvalue weighted by Crippen LogP contribution is 2.12. The van der Waals surface area contributed by atoms with Gasteiger partial charge in [0.15, 0.2) is 0 Å². The SMILES string of the molecule is CCN(CC)C(=O)c1ccc(NC(=O)CCCNC)cc1. The Morgan fingerprint density at radius 3 is 2.24 bits per heavy atom. The summed E-state index contributed by atoms with van der Waals surface area (Å²) in [5.41, 5.74) is 1.37. The van der Waals surface area contributed by atoms with Gasteiger partial charge in [0.1, 0.15) is 0 Å². The largest absolute Gasteiger partial charge is 0.339 e. The summed E-state index contributed by atoms with van der Waals surface area (Å²) in [6, 6.07) is 7.05. The Hall–Kier alpha value is -1.88. The van der Waals surface area contributed by atoms with Crippen molar-refractivity contribution >= 4 is 17.5 Å². The molecule has 1 rings (SSSR count). The second-order valence-corrected chi connectivity index (χ2v) is 4.81. The molecule has 0 saturated carbocycles. The summed E-state index contributed by atoms with van der Waals surface area (Å²) in [7, 11) is 1.86. The Balaban J connectivity index is 2.57. The van der Waals surface area contributed by atoms with Gasteiger partial charge >= 0.3 is 0 Å². The predicted molar refractivity (Wildman–Crippen MR) is 85.5 cm³/mol. The van der Waals surface area contributed by atoms with Crippen LogP contribution in [0.15, 0.2) is 24.3 Å². The van der Waals surface area contributed by atoms with E-state index in [1.165, 1.54) is 0 Å². The van der Waals surface area contributed by atoms with Gasteiger partial charge in [0.25, 0.3) is 5.91 Å². The number of hydrogen-bond acceptors (Lipinski definition) is 3. The summed E-state index contributed by atoms with van der Waals surface area (Å²) in [6.07, 6.45) is 1.29. The molecule has 0 radical (unpaired) electrons. The number of anilines is 1. The van der Waals surface area contributed by atoms with Crippen LogP contribution in [0.5, 0.6) is 0 Å². The Bertz CT molecular complexity index is 453. The molecule has 0 bridgehead atoms. The average molecular weight is 291 g/mol. The molecular formula is C16H25N3O2. The van der Waals surface area contributed by atoms with Crippen molar-refractivity contribution in [2.75, 3.05) is 32.0 Å². The van der Waals surface area contributed by atoms with Crippen LogP contribution in [-0.4, -0.2) is 43.4 Å². The first-order chi connectivity index (χ1) is 10.1. The zero-order valence-corrected chi connectivity index (χ0v) is 13.1. The van der Waals surface area contributed by atoms with Crippen molar-refractivity contribution in [1.82, 2.24) is 10.2 Å². The summed E-state index contributed by atoms with van der Waals surface area (Å²) in [4.78, 5) is 25.6. The molecule has 0 atom stereocenters. The third kappa shape index (κ3) is 5.55. The van der Waals surface area contributed by atoms with Crippen LogP contribution >= 0.6 is 0 Å². The van der Waals surface area contributed by atoms with Gasteiger partial charge in [-0.15, -0.1) is 0 Å². The molecule has 116 valence electrons. The van der Waals surface area contributed by atoms with E-state index < -0.39 is 0 Å². The fourth-order valence-corrected chi connectivity index (χ4v) is 2.04. The molecule has 2 amide bonds. The molecule has 0 unspecified atom stereocenters. The number of carbonyl (C=O) groups is 2. The molecule has 2 N–H and O–H groups in total. The molecule has 0 fully saturated rings. The van der Waals surface area contributed by atoms with Crippen LogP contribution < -0.4 is 10.6 Å². The molecule has 5 nitrogen and oxygen atoms in total. The quantitative estimate of drug-likeness (QED) is 0.721. The number of carbonyl (C=O) groups excluding carboxylic acids is 2. The summed E-state index contributed by atoms with van der Waals surface area (Å²) in [5.74, 6) is 0.0139. The van der Waals surface area contributed by atoms with Crippen molar-refractivity contribution in [2.24, 2.45) is 0 Å². The Morgan fingerprint density at radius 2 is 1.71 bits per heavy atom. The highest BCUT2D eigenvalue weighted by molar-refractivity contribution is 5.95. The fourth-order valence-electron chi connectivity index (χ4n) is 2.04. The van der Waals surface area contributed by atoms with Gasteiger partial charge in [-0.25, -0.2) is 0 Å². The van der Waals surface area contributed by atoms with Crippen LogP contribution in [0.2, 0.25) is 0 Å². The van der Waals surface area contributed by atoms with Crippen LogP contribution in [-0.2, 0) is 4.79 Å². The van der Waals surface area contributed by atoms with Crippen LogP contribution in [0.1, 0.15) is 37.0 Å². The van der Waals surface area contributed by atoms with Crippen molar-refractivity contribution in [3.8, 4) is 0 Å². The molecule has 0 heterocycles. The average Bonchev–Trinajstić information content (AvgIpc) is 2.49. The zero-order valence-electron chi connectivity index (χ0n) is 13.1. The number of nitrogens with one attached hydrogen (secondary N) is 2. The first-order valence-corrected chi connectivity index (χ1v) is 7.46. The normalized spacial score (nSPS) is 10.2. The number of rotatable bonds is 8. The van der Waals surface area contributed by atoms with Crippen molar-refractivity contribution in [3.05, 3.63) is 29.8 Å². The molecule has 0 aliphatic carbocycles. The first-order valence-electron chi connectivity index (χ1n) is 7.46. The topological polar surface area (TPSA) is 61.4 Å². The Morgan fingerprint density at radius 1 is 1.10 bits per heavy atom. The van der Waals surface area contributed by atoms with E-state index >= 15 is 0 Å². The van der Waals surface area contributed by atoms with E-state index in [0.29, 0.717) is 25.1 Å². The standard InChI is InChI=1S/C16H25N3O2/c1-4-19(5-2)16(21)13-8-10-14(11-9-13)18-15(20)7-6-12-17-3/h8-11,17H,4-7,12H2,1-3H3,(H,18,20). The predicted octanol–water partition coefficient (Wildman–Crippen LogP) is 2.11. The summed E-state index contributed by atoms with van der Waals surface area (Å²) < 4.78 is 0. The third-order valence-electron chi connectivity index (χ3n) is 3.30. The molecule has 0 aliphatic heterocycles. The van der Waals surface area contributed by atoms with Crippen LogP contribution in [0.25, 0.3) is 0 Å².